The summed E-state index contributed by atoms with van der Waals surface area (Å²) in [6.07, 6.45) is 1.36. The molecular weight excluding hydrogens is 336 g/mol. The molecule has 132 valence electrons. The smallest absolute Gasteiger partial charge is 0.263 e. The second-order valence-corrected chi connectivity index (χ2v) is 8.87. The Morgan fingerprint density at radius 3 is 2.44 bits per heavy atom. The number of hydrogen-bond acceptors (Lipinski definition) is 4. The average Bonchev–Trinajstić information content (AvgIpc) is 2.84. The summed E-state index contributed by atoms with van der Waals surface area (Å²) in [6, 6.07) is 8.59. The highest BCUT2D eigenvalue weighted by atomic mass is 32.2. The van der Waals surface area contributed by atoms with Crippen molar-refractivity contribution in [1.29, 1.82) is 0 Å². The number of anilines is 1. The second-order valence-electron chi connectivity index (χ2n) is 7.19. The number of sulfonamides is 1. The lowest BCUT2D eigenvalue weighted by atomic mass is 9.96. The Morgan fingerprint density at radius 2 is 1.84 bits per heavy atom. The number of fused-ring (bicyclic) bond motifs is 1. The maximum atomic E-state index is 12.5. The van der Waals surface area contributed by atoms with E-state index in [9.17, 15) is 8.42 Å². The molecule has 3 rings (SSSR count). The highest BCUT2D eigenvalue weighted by Gasteiger charge is 2.22. The van der Waals surface area contributed by atoms with Gasteiger partial charge in [0, 0.05) is 24.4 Å². The third-order valence-corrected chi connectivity index (χ3v) is 5.36. The van der Waals surface area contributed by atoms with Gasteiger partial charge in [-0.25, -0.2) is 13.4 Å². The average molecular weight is 358 g/mol. The van der Waals surface area contributed by atoms with E-state index in [0.29, 0.717) is 5.69 Å². The van der Waals surface area contributed by atoms with Crippen molar-refractivity contribution in [2.75, 3.05) is 4.72 Å². The van der Waals surface area contributed by atoms with Crippen molar-refractivity contribution >= 4 is 26.7 Å². The quantitative estimate of drug-likeness (QED) is 0.779. The minimum Gasteiger partial charge on any atom is -0.331 e. The standard InChI is InChI=1S/C18H22N4O2S/c1-12-6-8-14(11-19-12)25(23,24)21-13-7-9-16-15(10-13)20-17(22(16)5)18(2,3)4/h6-11,21H,1-5H3. The van der Waals surface area contributed by atoms with Crippen LogP contribution in [-0.4, -0.2) is 23.0 Å². The number of nitrogens with one attached hydrogen (secondary N) is 1. The molecule has 0 aliphatic carbocycles. The zero-order valence-electron chi connectivity index (χ0n) is 15.0. The predicted molar refractivity (Wildman–Crippen MR) is 99.2 cm³/mol. The Labute approximate surface area is 148 Å². The molecule has 2 aromatic heterocycles. The van der Waals surface area contributed by atoms with Crippen molar-refractivity contribution in [3.63, 3.8) is 0 Å². The van der Waals surface area contributed by atoms with Gasteiger partial charge >= 0.3 is 0 Å². The molecule has 0 amide bonds. The van der Waals surface area contributed by atoms with Gasteiger partial charge < -0.3 is 4.57 Å². The minimum atomic E-state index is -3.68. The summed E-state index contributed by atoms with van der Waals surface area (Å²) in [6.45, 7) is 8.11. The van der Waals surface area contributed by atoms with Crippen molar-refractivity contribution in [1.82, 2.24) is 14.5 Å². The lowest BCUT2D eigenvalue weighted by Gasteiger charge is -2.17. The summed E-state index contributed by atoms with van der Waals surface area (Å²) in [5, 5.41) is 0. The zero-order chi connectivity index (χ0) is 18.4. The number of pyridine rings is 1. The molecular formula is C18H22N4O2S. The summed E-state index contributed by atoms with van der Waals surface area (Å²) in [4.78, 5) is 8.85. The van der Waals surface area contributed by atoms with Gasteiger partial charge in [-0.15, -0.1) is 0 Å². The van der Waals surface area contributed by atoms with Gasteiger partial charge in [-0.1, -0.05) is 20.8 Å². The van der Waals surface area contributed by atoms with E-state index >= 15 is 0 Å². The van der Waals surface area contributed by atoms with Crippen LogP contribution in [-0.2, 0) is 22.5 Å². The Morgan fingerprint density at radius 1 is 1.12 bits per heavy atom. The lowest BCUT2D eigenvalue weighted by molar-refractivity contribution is 0.526. The molecule has 0 aliphatic heterocycles. The van der Waals surface area contributed by atoms with E-state index in [1.54, 1.807) is 24.3 Å². The maximum absolute atomic E-state index is 12.5. The summed E-state index contributed by atoms with van der Waals surface area (Å²) < 4.78 is 29.6. The van der Waals surface area contributed by atoms with Crippen LogP contribution in [0, 0.1) is 6.92 Å². The van der Waals surface area contributed by atoms with Crippen molar-refractivity contribution in [3.8, 4) is 0 Å². The number of aromatic nitrogens is 3. The van der Waals surface area contributed by atoms with Gasteiger partial charge in [0.05, 0.1) is 16.7 Å². The molecule has 0 atom stereocenters. The first-order valence-corrected chi connectivity index (χ1v) is 9.49. The molecule has 0 aliphatic rings. The Kier molecular flexibility index (Phi) is 4.07. The molecule has 0 radical (unpaired) electrons. The molecule has 0 bridgehead atoms. The van der Waals surface area contributed by atoms with Gasteiger partial charge in [0.25, 0.3) is 10.0 Å². The minimum absolute atomic E-state index is 0.0962. The van der Waals surface area contributed by atoms with Crippen LogP contribution in [0.1, 0.15) is 32.3 Å². The van der Waals surface area contributed by atoms with Crippen LogP contribution in [0.5, 0.6) is 0 Å². The molecule has 0 fully saturated rings. The fourth-order valence-electron chi connectivity index (χ4n) is 2.76. The van der Waals surface area contributed by atoms with Crippen molar-refractivity contribution in [3.05, 3.63) is 48.0 Å². The van der Waals surface area contributed by atoms with Gasteiger partial charge in [-0.05, 0) is 37.3 Å². The first-order chi connectivity index (χ1) is 11.6. The number of nitrogens with zero attached hydrogens (tertiary/aromatic N) is 3. The van der Waals surface area contributed by atoms with Gasteiger partial charge in [0.2, 0.25) is 0 Å². The highest BCUT2D eigenvalue weighted by molar-refractivity contribution is 7.92. The predicted octanol–water partition coefficient (Wildman–Crippen LogP) is 3.38. The van der Waals surface area contributed by atoms with Crippen LogP contribution in [0.2, 0.25) is 0 Å². The Hall–Kier alpha value is -2.41. The van der Waals surface area contributed by atoms with Crippen molar-refractivity contribution in [2.24, 2.45) is 7.05 Å². The fourth-order valence-corrected chi connectivity index (χ4v) is 3.76. The van der Waals surface area contributed by atoms with Crippen LogP contribution in [0.3, 0.4) is 0 Å². The molecule has 0 saturated heterocycles. The summed E-state index contributed by atoms with van der Waals surface area (Å²) in [5.74, 6) is 0.949. The molecule has 25 heavy (non-hydrogen) atoms. The Bertz CT molecular complexity index is 1030. The normalized spacial score (nSPS) is 12.5. The van der Waals surface area contributed by atoms with Gasteiger partial charge in [0.15, 0.2) is 0 Å². The molecule has 1 N–H and O–H groups in total. The molecule has 1 aromatic carbocycles. The number of rotatable bonds is 3. The lowest BCUT2D eigenvalue weighted by Crippen LogP contribution is -2.17. The number of imidazole rings is 1. The molecule has 3 aromatic rings. The van der Waals surface area contributed by atoms with Gasteiger partial charge in [0.1, 0.15) is 10.7 Å². The van der Waals surface area contributed by atoms with Gasteiger partial charge in [-0.2, -0.15) is 0 Å². The van der Waals surface area contributed by atoms with Crippen molar-refractivity contribution in [2.45, 2.75) is 38.0 Å². The van der Waals surface area contributed by atoms with Crippen LogP contribution in [0.25, 0.3) is 11.0 Å². The molecule has 0 saturated carbocycles. The van der Waals surface area contributed by atoms with Crippen LogP contribution in [0.15, 0.2) is 41.4 Å². The third kappa shape index (κ3) is 3.37. The summed E-state index contributed by atoms with van der Waals surface area (Å²) in [7, 11) is -1.71. The zero-order valence-corrected chi connectivity index (χ0v) is 15.8. The molecule has 0 unspecified atom stereocenters. The SMILES string of the molecule is Cc1ccc(S(=O)(=O)Nc2ccc3c(c2)nc(C(C)(C)C)n3C)cn1. The van der Waals surface area contributed by atoms with Gasteiger partial charge in [-0.3, -0.25) is 9.71 Å². The molecule has 6 nitrogen and oxygen atoms in total. The van der Waals surface area contributed by atoms with E-state index in [2.05, 4.69) is 35.5 Å². The molecule has 7 heteroatoms. The summed E-state index contributed by atoms with van der Waals surface area (Å²) in [5.41, 5.74) is 2.87. The number of hydrogen-bond donors (Lipinski definition) is 1. The van der Waals surface area contributed by atoms with Crippen LogP contribution in [0.4, 0.5) is 5.69 Å². The highest BCUT2D eigenvalue weighted by Crippen LogP contribution is 2.27. The first kappa shape index (κ1) is 17.4. The van der Waals surface area contributed by atoms with E-state index in [1.807, 2.05) is 24.6 Å². The monoisotopic (exact) mass is 358 g/mol. The van der Waals surface area contributed by atoms with E-state index in [0.717, 1.165) is 22.6 Å². The van der Waals surface area contributed by atoms with Crippen molar-refractivity contribution < 1.29 is 8.42 Å². The van der Waals surface area contributed by atoms with Crippen LogP contribution >= 0.6 is 0 Å². The molecule has 2 heterocycles. The van der Waals surface area contributed by atoms with E-state index in [-0.39, 0.29) is 10.3 Å². The number of aryl methyl sites for hydroxylation is 2. The Balaban J connectivity index is 1.98. The largest absolute Gasteiger partial charge is 0.331 e. The maximum Gasteiger partial charge on any atom is 0.263 e. The fraction of sp³-hybridized carbons (Fsp3) is 0.333. The topological polar surface area (TPSA) is 76.9 Å². The summed E-state index contributed by atoms with van der Waals surface area (Å²) >= 11 is 0. The second kappa shape index (κ2) is 5.84. The first-order valence-electron chi connectivity index (χ1n) is 8.00. The van der Waals surface area contributed by atoms with Crippen LogP contribution < -0.4 is 4.72 Å². The number of benzene rings is 1. The molecule has 0 spiro atoms. The van der Waals surface area contributed by atoms with E-state index < -0.39 is 10.0 Å². The third-order valence-electron chi connectivity index (χ3n) is 4.00. The van der Waals surface area contributed by atoms with E-state index in [1.165, 1.54) is 6.20 Å². The van der Waals surface area contributed by atoms with E-state index in [4.69, 9.17) is 0 Å².